The molecule has 1 aromatic rings. The monoisotopic (exact) mass is 296 g/mol. The molecule has 2 aliphatic rings. The Kier molecular flexibility index (Phi) is 4.23. The lowest BCUT2D eigenvalue weighted by atomic mass is 9.85. The van der Waals surface area contributed by atoms with Gasteiger partial charge in [0.05, 0.1) is 0 Å². The number of rotatable bonds is 4. The van der Waals surface area contributed by atoms with Crippen molar-refractivity contribution in [3.8, 4) is 0 Å². The lowest BCUT2D eigenvalue weighted by molar-refractivity contribution is -0.112. The van der Waals surface area contributed by atoms with Gasteiger partial charge in [-0.2, -0.15) is 0 Å². The largest absolute Gasteiger partial charge is 0.507 e. The third-order valence-corrected chi connectivity index (χ3v) is 4.55. The molecule has 0 radical (unpaired) electrons. The van der Waals surface area contributed by atoms with E-state index < -0.39 is 11.6 Å². The van der Waals surface area contributed by atoms with Crippen LogP contribution in [0.1, 0.15) is 54.4 Å². The molecule has 3 rings (SSSR count). The van der Waals surface area contributed by atoms with Crippen molar-refractivity contribution in [2.75, 3.05) is 0 Å². The fourth-order valence-corrected chi connectivity index (χ4v) is 3.31. The summed E-state index contributed by atoms with van der Waals surface area (Å²) in [5.41, 5.74) is 1.08. The highest BCUT2D eigenvalue weighted by Gasteiger charge is 2.32. The Morgan fingerprint density at radius 2 is 1.86 bits per heavy atom. The van der Waals surface area contributed by atoms with Crippen LogP contribution < -0.4 is 0 Å². The van der Waals surface area contributed by atoms with Crippen LogP contribution in [0, 0.1) is 5.92 Å². The number of aliphatic hydroxyl groups excluding tert-OH is 1. The molecule has 0 bridgehead atoms. The van der Waals surface area contributed by atoms with Gasteiger partial charge in [-0.15, -0.1) is 0 Å². The maximum atomic E-state index is 12.2. The molecule has 0 spiro atoms. The lowest BCUT2D eigenvalue weighted by Crippen LogP contribution is -2.24. The van der Waals surface area contributed by atoms with Crippen LogP contribution in [0.3, 0.4) is 0 Å². The summed E-state index contributed by atoms with van der Waals surface area (Å²) in [4.78, 5) is 24.3. The zero-order valence-electron chi connectivity index (χ0n) is 12.5. The molecule has 0 aromatic heterocycles. The van der Waals surface area contributed by atoms with Gasteiger partial charge in [-0.1, -0.05) is 36.4 Å². The number of aliphatic hydroxyl groups is 1. The summed E-state index contributed by atoms with van der Waals surface area (Å²) in [7, 11) is 0. The number of allylic oxidation sites excluding steroid dienone is 3. The quantitative estimate of drug-likeness (QED) is 0.667. The summed E-state index contributed by atoms with van der Waals surface area (Å²) in [6.07, 6.45) is 10.3. The first kappa shape index (κ1) is 14.8. The lowest BCUT2D eigenvalue weighted by Gasteiger charge is -2.19. The first-order valence-corrected chi connectivity index (χ1v) is 7.95. The second-order valence-corrected chi connectivity index (χ2v) is 6.04. The predicted molar refractivity (Wildman–Crippen MR) is 85.7 cm³/mol. The molecule has 0 aliphatic heterocycles. The third-order valence-electron chi connectivity index (χ3n) is 4.55. The molecule has 1 aromatic carbocycles. The van der Waals surface area contributed by atoms with Crippen molar-refractivity contribution in [2.24, 2.45) is 5.92 Å². The van der Waals surface area contributed by atoms with E-state index in [9.17, 15) is 14.7 Å². The number of carbonyl (C=O) groups excluding carboxylic acids is 2. The van der Waals surface area contributed by atoms with Crippen LogP contribution in [0.2, 0.25) is 0 Å². The van der Waals surface area contributed by atoms with Gasteiger partial charge in [0.15, 0.2) is 0 Å². The van der Waals surface area contributed by atoms with Crippen molar-refractivity contribution in [1.29, 1.82) is 0 Å². The van der Waals surface area contributed by atoms with Gasteiger partial charge in [0.2, 0.25) is 11.6 Å². The summed E-state index contributed by atoms with van der Waals surface area (Å²) >= 11 is 0. The third kappa shape index (κ3) is 2.76. The Bertz CT molecular complexity index is 667. The highest BCUT2D eigenvalue weighted by Crippen LogP contribution is 2.31. The highest BCUT2D eigenvalue weighted by atomic mass is 16.3. The minimum atomic E-state index is -0.546. The van der Waals surface area contributed by atoms with Crippen molar-refractivity contribution >= 4 is 17.3 Å². The van der Waals surface area contributed by atoms with E-state index in [0.29, 0.717) is 23.5 Å². The molecular formula is C19H20O3. The van der Waals surface area contributed by atoms with Crippen LogP contribution in [0.4, 0.5) is 0 Å². The molecule has 0 saturated carbocycles. The van der Waals surface area contributed by atoms with E-state index >= 15 is 0 Å². The second-order valence-electron chi connectivity index (χ2n) is 6.04. The summed E-state index contributed by atoms with van der Waals surface area (Å²) in [6.45, 7) is 0. The summed E-state index contributed by atoms with van der Waals surface area (Å²) in [5, 5.41) is 10.3. The smallest absolute Gasteiger partial charge is 0.234 e. The van der Waals surface area contributed by atoms with Gasteiger partial charge in [-0.3, -0.25) is 9.59 Å². The number of Topliss-reactive ketones (excluding diaryl/α,β-unsaturated/α-hetero) is 2. The van der Waals surface area contributed by atoms with Gasteiger partial charge in [0, 0.05) is 16.7 Å². The van der Waals surface area contributed by atoms with E-state index in [1.807, 2.05) is 0 Å². The Balaban J connectivity index is 1.74. The Labute approximate surface area is 130 Å². The molecule has 1 unspecified atom stereocenters. The van der Waals surface area contributed by atoms with Gasteiger partial charge < -0.3 is 5.11 Å². The van der Waals surface area contributed by atoms with E-state index in [0.717, 1.165) is 19.3 Å². The van der Waals surface area contributed by atoms with Crippen LogP contribution in [0.25, 0.3) is 5.76 Å². The topological polar surface area (TPSA) is 54.4 Å². The van der Waals surface area contributed by atoms with Crippen LogP contribution in [-0.4, -0.2) is 16.7 Å². The minimum absolute atomic E-state index is 0.0145. The average Bonchev–Trinajstić information content (AvgIpc) is 2.57. The normalized spacial score (nSPS) is 21.2. The zero-order valence-corrected chi connectivity index (χ0v) is 12.5. The molecule has 1 atom stereocenters. The molecule has 0 saturated heterocycles. The summed E-state index contributed by atoms with van der Waals surface area (Å²) in [6, 6.07) is 6.76. The van der Waals surface area contributed by atoms with Crippen molar-refractivity contribution < 1.29 is 14.7 Å². The molecule has 2 aliphatic carbocycles. The van der Waals surface area contributed by atoms with Gasteiger partial charge >= 0.3 is 0 Å². The van der Waals surface area contributed by atoms with Crippen LogP contribution >= 0.6 is 0 Å². The summed E-state index contributed by atoms with van der Waals surface area (Å²) in [5.74, 6) is -0.492. The molecule has 1 N–H and O–H groups in total. The molecule has 3 heteroatoms. The fourth-order valence-electron chi connectivity index (χ4n) is 3.31. The van der Waals surface area contributed by atoms with E-state index in [1.54, 1.807) is 24.3 Å². The summed E-state index contributed by atoms with van der Waals surface area (Å²) < 4.78 is 0. The average molecular weight is 296 g/mol. The van der Waals surface area contributed by atoms with Crippen molar-refractivity contribution in [3.05, 3.63) is 53.1 Å². The standard InChI is InChI=1S/C19H20O3/c20-17-14-10-4-5-11-15(14)18(21)19(22)16(17)12-6-9-13-7-2-1-3-8-13/h2,4-5,7,10-11,13,20H,1,3,6,8-9,12H2. The number of hydrogen-bond donors (Lipinski definition) is 1. The fraction of sp³-hybridized carbons (Fsp3) is 0.368. The van der Waals surface area contributed by atoms with Crippen LogP contribution in [-0.2, 0) is 4.79 Å². The van der Waals surface area contributed by atoms with Crippen molar-refractivity contribution in [1.82, 2.24) is 0 Å². The van der Waals surface area contributed by atoms with E-state index in [-0.39, 0.29) is 11.3 Å². The molecule has 3 nitrogen and oxygen atoms in total. The number of hydrogen-bond acceptors (Lipinski definition) is 3. The number of benzene rings is 1. The Hall–Kier alpha value is -2.16. The predicted octanol–water partition coefficient (Wildman–Crippen LogP) is 4.25. The number of fused-ring (bicyclic) bond motifs is 1. The van der Waals surface area contributed by atoms with Gasteiger partial charge in [0.25, 0.3) is 0 Å². The van der Waals surface area contributed by atoms with E-state index in [1.165, 1.54) is 12.8 Å². The van der Waals surface area contributed by atoms with Crippen LogP contribution in [0.15, 0.2) is 42.0 Å². The Morgan fingerprint density at radius 1 is 1.09 bits per heavy atom. The molecule has 22 heavy (non-hydrogen) atoms. The first-order valence-electron chi connectivity index (χ1n) is 7.95. The van der Waals surface area contributed by atoms with E-state index in [2.05, 4.69) is 12.2 Å². The van der Waals surface area contributed by atoms with E-state index in [4.69, 9.17) is 0 Å². The van der Waals surface area contributed by atoms with Crippen molar-refractivity contribution in [2.45, 2.75) is 38.5 Å². The minimum Gasteiger partial charge on any atom is -0.507 e. The van der Waals surface area contributed by atoms with Crippen molar-refractivity contribution in [3.63, 3.8) is 0 Å². The number of ketones is 2. The Morgan fingerprint density at radius 3 is 2.59 bits per heavy atom. The number of carbonyl (C=O) groups is 2. The molecule has 0 amide bonds. The SMILES string of the molecule is O=C1C(=O)c2ccccc2C(O)=C1CCCC1C=CCCC1. The highest BCUT2D eigenvalue weighted by molar-refractivity contribution is 6.52. The maximum Gasteiger partial charge on any atom is 0.234 e. The second kappa shape index (κ2) is 6.30. The zero-order chi connectivity index (χ0) is 15.5. The molecule has 0 heterocycles. The van der Waals surface area contributed by atoms with Gasteiger partial charge in [-0.25, -0.2) is 0 Å². The van der Waals surface area contributed by atoms with Gasteiger partial charge in [0.1, 0.15) is 5.76 Å². The molecule has 0 fully saturated rings. The first-order chi connectivity index (χ1) is 10.7. The van der Waals surface area contributed by atoms with Crippen LogP contribution in [0.5, 0.6) is 0 Å². The van der Waals surface area contributed by atoms with Gasteiger partial charge in [-0.05, 0) is 44.4 Å². The maximum absolute atomic E-state index is 12.2. The molecular weight excluding hydrogens is 276 g/mol. The molecule has 114 valence electrons.